The van der Waals surface area contributed by atoms with Gasteiger partial charge in [0.15, 0.2) is 0 Å². The summed E-state index contributed by atoms with van der Waals surface area (Å²) in [4.78, 5) is 0. The molecule has 17 heavy (non-hydrogen) atoms. The quantitative estimate of drug-likeness (QED) is 0.575. The molecule has 0 saturated heterocycles. The maximum absolute atomic E-state index is 3.60. The van der Waals surface area contributed by atoms with E-state index >= 15 is 0 Å². The molecule has 2 aromatic carbocycles. The van der Waals surface area contributed by atoms with Crippen molar-refractivity contribution in [2.75, 3.05) is 15.5 Å². The number of nitrogens with one attached hydrogen (secondary N) is 1. The van der Waals surface area contributed by atoms with Crippen molar-refractivity contribution in [1.82, 2.24) is 0 Å². The Morgan fingerprint density at radius 2 is 1.76 bits per heavy atom. The number of para-hydroxylation sites is 2. The summed E-state index contributed by atoms with van der Waals surface area (Å²) in [6.07, 6.45) is 0. The number of anilines is 3. The van der Waals surface area contributed by atoms with E-state index in [1.165, 1.54) is 0 Å². The van der Waals surface area contributed by atoms with Gasteiger partial charge in [0, 0.05) is 11.5 Å². The Kier molecular flexibility index (Phi) is 4.28. The van der Waals surface area contributed by atoms with Crippen LogP contribution in [0, 0.1) is 0 Å². The van der Waals surface area contributed by atoms with E-state index in [0.717, 1.165) is 21.5 Å². The molecular formula is C13H12BrIN2. The van der Waals surface area contributed by atoms with Gasteiger partial charge in [-0.25, -0.2) is 0 Å². The Morgan fingerprint density at radius 3 is 2.41 bits per heavy atom. The fraction of sp³-hybridized carbons (Fsp3) is 0.0769. The van der Waals surface area contributed by atoms with Gasteiger partial charge in [0.25, 0.3) is 0 Å². The van der Waals surface area contributed by atoms with Crippen LogP contribution in [0.1, 0.15) is 0 Å². The molecule has 4 heteroatoms. The molecule has 0 aliphatic rings. The van der Waals surface area contributed by atoms with Crippen molar-refractivity contribution in [2.24, 2.45) is 0 Å². The van der Waals surface area contributed by atoms with E-state index in [0.29, 0.717) is 0 Å². The van der Waals surface area contributed by atoms with Crippen molar-refractivity contribution in [2.45, 2.75) is 0 Å². The third-order valence-electron chi connectivity index (χ3n) is 2.44. The Labute approximate surface area is 124 Å². The highest BCUT2D eigenvalue weighted by Gasteiger charge is 2.13. The first kappa shape index (κ1) is 12.7. The Balaban J connectivity index is 2.47. The lowest BCUT2D eigenvalue weighted by Gasteiger charge is -2.21. The summed E-state index contributed by atoms with van der Waals surface area (Å²) in [6, 6.07) is 16.4. The van der Waals surface area contributed by atoms with Gasteiger partial charge in [-0.2, -0.15) is 0 Å². The second-order valence-electron chi connectivity index (χ2n) is 3.50. The van der Waals surface area contributed by atoms with Gasteiger partial charge in [-0.15, -0.1) is 0 Å². The van der Waals surface area contributed by atoms with Gasteiger partial charge < -0.3 is 5.32 Å². The van der Waals surface area contributed by atoms with Gasteiger partial charge in [0.05, 0.1) is 39.9 Å². The molecule has 0 aliphatic heterocycles. The van der Waals surface area contributed by atoms with E-state index in [9.17, 15) is 0 Å². The second-order valence-corrected chi connectivity index (χ2v) is 5.32. The van der Waals surface area contributed by atoms with Gasteiger partial charge >= 0.3 is 0 Å². The normalized spacial score (nSPS) is 10.1. The molecule has 0 radical (unpaired) electrons. The summed E-state index contributed by atoms with van der Waals surface area (Å²) in [6.45, 7) is 0. The number of hydrogen-bond donors (Lipinski definition) is 1. The van der Waals surface area contributed by atoms with E-state index < -0.39 is 0 Å². The molecule has 0 heterocycles. The number of hydrogen-bond acceptors (Lipinski definition) is 2. The standard InChI is InChI=1S/C13H12BrIN2/c1-16-12-9-5-8-11(14)13(12)17(15)10-6-3-2-4-7-10/h2-9,16H,1H3. The molecule has 0 fully saturated rings. The fourth-order valence-electron chi connectivity index (χ4n) is 1.60. The van der Waals surface area contributed by atoms with Crippen molar-refractivity contribution in [1.29, 1.82) is 0 Å². The Hall–Kier alpha value is -0.750. The minimum atomic E-state index is 1.07. The summed E-state index contributed by atoms with van der Waals surface area (Å²) in [5.41, 5.74) is 3.37. The van der Waals surface area contributed by atoms with Gasteiger partial charge in [-0.05, 0) is 40.2 Å². The van der Waals surface area contributed by atoms with Crippen LogP contribution < -0.4 is 8.43 Å². The predicted octanol–water partition coefficient (Wildman–Crippen LogP) is 4.98. The molecular weight excluding hydrogens is 391 g/mol. The first-order valence-corrected chi connectivity index (χ1v) is 6.97. The zero-order valence-corrected chi connectivity index (χ0v) is 13.1. The molecule has 0 aliphatic carbocycles. The van der Waals surface area contributed by atoms with Crippen LogP contribution in [0.3, 0.4) is 0 Å². The van der Waals surface area contributed by atoms with Crippen LogP contribution in [0.4, 0.5) is 17.1 Å². The van der Waals surface area contributed by atoms with Crippen LogP contribution in [-0.2, 0) is 0 Å². The molecule has 0 saturated carbocycles. The van der Waals surface area contributed by atoms with Crippen LogP contribution in [0.15, 0.2) is 53.0 Å². The third-order valence-corrected chi connectivity index (χ3v) is 4.11. The SMILES string of the molecule is CNc1cccc(Br)c1N(I)c1ccccc1. The van der Waals surface area contributed by atoms with Crippen LogP contribution in [0.25, 0.3) is 0 Å². The highest BCUT2D eigenvalue weighted by atomic mass is 127. The lowest BCUT2D eigenvalue weighted by atomic mass is 10.2. The van der Waals surface area contributed by atoms with E-state index in [4.69, 9.17) is 0 Å². The maximum Gasteiger partial charge on any atom is 0.0884 e. The molecule has 0 aromatic heterocycles. The van der Waals surface area contributed by atoms with Crippen molar-refractivity contribution in [3.63, 3.8) is 0 Å². The lowest BCUT2D eigenvalue weighted by Crippen LogP contribution is -2.05. The van der Waals surface area contributed by atoms with E-state index in [2.05, 4.69) is 65.4 Å². The summed E-state index contributed by atoms with van der Waals surface area (Å²) < 4.78 is 3.20. The Morgan fingerprint density at radius 1 is 1.06 bits per heavy atom. The minimum absolute atomic E-state index is 1.07. The molecule has 2 nitrogen and oxygen atoms in total. The van der Waals surface area contributed by atoms with Crippen molar-refractivity contribution in [3.05, 3.63) is 53.0 Å². The fourth-order valence-corrected chi connectivity index (χ4v) is 3.32. The number of halogens is 2. The van der Waals surface area contributed by atoms with E-state index in [1.807, 2.05) is 37.4 Å². The van der Waals surface area contributed by atoms with Gasteiger partial charge in [-0.1, -0.05) is 24.3 Å². The largest absolute Gasteiger partial charge is 0.386 e. The number of rotatable bonds is 3. The summed E-state index contributed by atoms with van der Waals surface area (Å²) in [5, 5.41) is 3.21. The maximum atomic E-state index is 3.60. The molecule has 88 valence electrons. The average molecular weight is 403 g/mol. The molecule has 0 atom stereocenters. The molecule has 0 bridgehead atoms. The topological polar surface area (TPSA) is 15.3 Å². The summed E-state index contributed by atoms with van der Waals surface area (Å²) in [7, 11) is 1.93. The van der Waals surface area contributed by atoms with Gasteiger partial charge in [0.2, 0.25) is 0 Å². The number of benzene rings is 2. The molecule has 2 rings (SSSR count). The minimum Gasteiger partial charge on any atom is -0.386 e. The highest BCUT2D eigenvalue weighted by Crippen LogP contribution is 2.40. The van der Waals surface area contributed by atoms with Crippen LogP contribution in [0.5, 0.6) is 0 Å². The first-order chi connectivity index (χ1) is 8.24. The summed E-state index contributed by atoms with van der Waals surface area (Å²) >= 11 is 5.91. The average Bonchev–Trinajstić information content (AvgIpc) is 2.38. The van der Waals surface area contributed by atoms with E-state index in [1.54, 1.807) is 0 Å². The summed E-state index contributed by atoms with van der Waals surface area (Å²) in [5.74, 6) is 0. The van der Waals surface area contributed by atoms with Gasteiger partial charge in [-0.3, -0.25) is 3.11 Å². The lowest BCUT2D eigenvalue weighted by molar-refractivity contribution is 1.41. The molecule has 0 unspecified atom stereocenters. The van der Waals surface area contributed by atoms with Crippen molar-refractivity contribution >= 4 is 55.9 Å². The van der Waals surface area contributed by atoms with Crippen molar-refractivity contribution in [3.8, 4) is 0 Å². The zero-order chi connectivity index (χ0) is 12.3. The van der Waals surface area contributed by atoms with E-state index in [-0.39, 0.29) is 0 Å². The number of nitrogens with zero attached hydrogens (tertiary/aromatic N) is 1. The third kappa shape index (κ3) is 2.74. The molecule has 0 spiro atoms. The zero-order valence-electron chi connectivity index (χ0n) is 9.32. The molecule has 1 N–H and O–H groups in total. The molecule has 2 aromatic rings. The molecule has 0 amide bonds. The van der Waals surface area contributed by atoms with Crippen molar-refractivity contribution < 1.29 is 0 Å². The van der Waals surface area contributed by atoms with Gasteiger partial charge in [0.1, 0.15) is 0 Å². The second kappa shape index (κ2) is 5.73. The van der Waals surface area contributed by atoms with Crippen LogP contribution in [0.2, 0.25) is 0 Å². The van der Waals surface area contributed by atoms with Crippen LogP contribution >= 0.6 is 38.8 Å². The smallest absolute Gasteiger partial charge is 0.0884 e. The Bertz CT molecular complexity index is 502. The first-order valence-electron chi connectivity index (χ1n) is 5.21. The highest BCUT2D eigenvalue weighted by molar-refractivity contribution is 14.1. The predicted molar refractivity (Wildman–Crippen MR) is 86.3 cm³/mol. The monoisotopic (exact) mass is 402 g/mol. The van der Waals surface area contributed by atoms with Crippen LogP contribution in [-0.4, -0.2) is 7.05 Å².